The maximum absolute atomic E-state index is 12.5. The normalized spacial score (nSPS) is 10.3. The van der Waals surface area contributed by atoms with E-state index < -0.39 is 24.5 Å². The molecule has 7 heteroatoms. The number of nitrogens with one attached hydrogen (secondary N) is 1. The number of amides is 1. The standard InChI is InChI=1S/C19H21NO5S/c1-5-24-19(23)17-15(14-7-6-11(2)8-12(14)3)10-26-18(17)20-16(22)9-25-13(4)21/h6-8,10H,5,9H2,1-4H3,(H,20,22). The van der Waals surface area contributed by atoms with Gasteiger partial charge in [-0.1, -0.05) is 23.8 Å². The molecule has 2 rings (SSSR count). The van der Waals surface area contributed by atoms with Crippen molar-refractivity contribution in [2.75, 3.05) is 18.5 Å². The maximum atomic E-state index is 12.5. The summed E-state index contributed by atoms with van der Waals surface area (Å²) in [5.41, 5.74) is 4.05. The topological polar surface area (TPSA) is 81.7 Å². The second-order valence-electron chi connectivity index (χ2n) is 5.72. The molecule has 1 aromatic carbocycles. The van der Waals surface area contributed by atoms with Crippen molar-refractivity contribution in [3.63, 3.8) is 0 Å². The first kappa shape index (κ1) is 19.7. The minimum absolute atomic E-state index is 0.224. The number of carbonyl (C=O) groups excluding carboxylic acids is 3. The van der Waals surface area contributed by atoms with Gasteiger partial charge in [-0.05, 0) is 31.9 Å². The zero-order chi connectivity index (χ0) is 19.3. The Hall–Kier alpha value is -2.67. The Morgan fingerprint density at radius 2 is 1.85 bits per heavy atom. The Morgan fingerprint density at radius 3 is 2.46 bits per heavy atom. The highest BCUT2D eigenvalue weighted by molar-refractivity contribution is 7.15. The summed E-state index contributed by atoms with van der Waals surface area (Å²) in [6.45, 7) is 6.72. The highest BCUT2D eigenvalue weighted by Gasteiger charge is 2.23. The first-order chi connectivity index (χ1) is 12.3. The van der Waals surface area contributed by atoms with E-state index in [0.717, 1.165) is 16.7 Å². The van der Waals surface area contributed by atoms with Crippen LogP contribution in [0.3, 0.4) is 0 Å². The van der Waals surface area contributed by atoms with Gasteiger partial charge in [0.2, 0.25) is 0 Å². The summed E-state index contributed by atoms with van der Waals surface area (Å²) in [7, 11) is 0. The quantitative estimate of drug-likeness (QED) is 0.779. The Labute approximate surface area is 156 Å². The van der Waals surface area contributed by atoms with E-state index in [1.165, 1.54) is 18.3 Å². The molecule has 0 saturated heterocycles. The molecule has 0 bridgehead atoms. The number of hydrogen-bond donors (Lipinski definition) is 1. The van der Waals surface area contributed by atoms with Gasteiger partial charge in [-0.15, -0.1) is 11.3 Å². The van der Waals surface area contributed by atoms with Crippen molar-refractivity contribution in [3.8, 4) is 11.1 Å². The van der Waals surface area contributed by atoms with Crippen molar-refractivity contribution in [1.82, 2.24) is 0 Å². The Bertz CT molecular complexity index is 840. The van der Waals surface area contributed by atoms with Crippen LogP contribution >= 0.6 is 11.3 Å². The summed E-state index contributed by atoms with van der Waals surface area (Å²) < 4.78 is 9.85. The first-order valence-electron chi connectivity index (χ1n) is 8.13. The van der Waals surface area contributed by atoms with Gasteiger partial charge >= 0.3 is 11.9 Å². The lowest BCUT2D eigenvalue weighted by molar-refractivity contribution is -0.144. The van der Waals surface area contributed by atoms with Crippen LogP contribution in [-0.4, -0.2) is 31.1 Å². The van der Waals surface area contributed by atoms with E-state index in [4.69, 9.17) is 4.74 Å². The Kier molecular flexibility index (Phi) is 6.52. The Morgan fingerprint density at radius 1 is 1.12 bits per heavy atom. The number of rotatable bonds is 6. The van der Waals surface area contributed by atoms with Crippen molar-refractivity contribution >= 4 is 34.2 Å². The number of carbonyl (C=O) groups is 3. The summed E-state index contributed by atoms with van der Waals surface area (Å²) in [6.07, 6.45) is 0. The second-order valence-corrected chi connectivity index (χ2v) is 6.60. The third-order valence-electron chi connectivity index (χ3n) is 3.60. The fourth-order valence-electron chi connectivity index (χ4n) is 2.50. The number of benzene rings is 1. The van der Waals surface area contributed by atoms with Crippen molar-refractivity contribution in [3.05, 3.63) is 40.3 Å². The molecule has 0 fully saturated rings. The first-order valence-corrected chi connectivity index (χ1v) is 9.00. The van der Waals surface area contributed by atoms with E-state index in [0.29, 0.717) is 16.1 Å². The van der Waals surface area contributed by atoms with E-state index in [9.17, 15) is 14.4 Å². The molecule has 26 heavy (non-hydrogen) atoms. The van der Waals surface area contributed by atoms with Crippen LogP contribution in [0, 0.1) is 13.8 Å². The molecule has 6 nitrogen and oxygen atoms in total. The summed E-state index contributed by atoms with van der Waals surface area (Å²) in [5.74, 6) is -1.57. The van der Waals surface area contributed by atoms with E-state index in [1.54, 1.807) is 6.92 Å². The zero-order valence-corrected chi connectivity index (χ0v) is 16.0. The third-order valence-corrected chi connectivity index (χ3v) is 4.50. The van der Waals surface area contributed by atoms with E-state index in [2.05, 4.69) is 10.1 Å². The van der Waals surface area contributed by atoms with Gasteiger partial charge in [0.15, 0.2) is 6.61 Å². The minimum Gasteiger partial charge on any atom is -0.462 e. The SMILES string of the molecule is CCOC(=O)c1c(-c2ccc(C)cc2C)csc1NC(=O)COC(C)=O. The molecule has 138 valence electrons. The van der Waals surface area contributed by atoms with Crippen LogP contribution in [0.4, 0.5) is 5.00 Å². The number of hydrogen-bond acceptors (Lipinski definition) is 6. The Balaban J connectivity index is 2.40. The van der Waals surface area contributed by atoms with Gasteiger partial charge < -0.3 is 14.8 Å². The monoisotopic (exact) mass is 375 g/mol. The molecule has 0 saturated carbocycles. The second kappa shape index (κ2) is 8.62. The third kappa shape index (κ3) is 4.70. The maximum Gasteiger partial charge on any atom is 0.341 e. The average Bonchev–Trinajstić information content (AvgIpc) is 2.96. The van der Waals surface area contributed by atoms with Crippen molar-refractivity contribution in [2.24, 2.45) is 0 Å². The smallest absolute Gasteiger partial charge is 0.341 e. The number of ether oxygens (including phenoxy) is 2. The zero-order valence-electron chi connectivity index (χ0n) is 15.2. The molecule has 0 atom stereocenters. The number of thiophene rings is 1. The average molecular weight is 375 g/mol. The van der Waals surface area contributed by atoms with Crippen LogP contribution in [0.2, 0.25) is 0 Å². The fraction of sp³-hybridized carbons (Fsp3) is 0.316. The molecule has 0 aliphatic rings. The van der Waals surface area contributed by atoms with Crippen molar-refractivity contribution < 1.29 is 23.9 Å². The van der Waals surface area contributed by atoms with Crippen LogP contribution in [0.15, 0.2) is 23.6 Å². The molecule has 2 aromatic rings. The largest absolute Gasteiger partial charge is 0.462 e. The van der Waals surface area contributed by atoms with Gasteiger partial charge in [0, 0.05) is 17.9 Å². The molecule has 1 heterocycles. The van der Waals surface area contributed by atoms with Gasteiger partial charge in [0.25, 0.3) is 5.91 Å². The van der Waals surface area contributed by atoms with Crippen LogP contribution in [0.5, 0.6) is 0 Å². The highest BCUT2D eigenvalue weighted by atomic mass is 32.1. The number of anilines is 1. The molecular formula is C19H21NO5S. The number of aryl methyl sites for hydroxylation is 2. The molecule has 0 aliphatic heterocycles. The lowest BCUT2D eigenvalue weighted by Gasteiger charge is -2.11. The van der Waals surface area contributed by atoms with Crippen LogP contribution < -0.4 is 5.32 Å². The van der Waals surface area contributed by atoms with Gasteiger partial charge in [0.05, 0.1) is 6.61 Å². The van der Waals surface area contributed by atoms with Gasteiger partial charge in [-0.25, -0.2) is 4.79 Å². The molecule has 1 N–H and O–H groups in total. The van der Waals surface area contributed by atoms with E-state index in [1.807, 2.05) is 37.4 Å². The molecule has 0 unspecified atom stereocenters. The van der Waals surface area contributed by atoms with Crippen molar-refractivity contribution in [1.29, 1.82) is 0 Å². The number of esters is 2. The van der Waals surface area contributed by atoms with Gasteiger partial charge in [0.1, 0.15) is 10.6 Å². The fourth-order valence-corrected chi connectivity index (χ4v) is 3.46. The van der Waals surface area contributed by atoms with Gasteiger partial charge in [-0.3, -0.25) is 9.59 Å². The van der Waals surface area contributed by atoms with Gasteiger partial charge in [-0.2, -0.15) is 0 Å². The molecular weight excluding hydrogens is 354 g/mol. The lowest BCUT2D eigenvalue weighted by atomic mass is 9.97. The lowest BCUT2D eigenvalue weighted by Crippen LogP contribution is -2.20. The van der Waals surface area contributed by atoms with Crippen molar-refractivity contribution in [2.45, 2.75) is 27.7 Å². The molecule has 1 amide bonds. The van der Waals surface area contributed by atoms with Crippen LogP contribution in [-0.2, 0) is 19.1 Å². The molecule has 1 aromatic heterocycles. The minimum atomic E-state index is -0.548. The summed E-state index contributed by atoms with van der Waals surface area (Å²) in [6, 6.07) is 5.94. The molecule has 0 radical (unpaired) electrons. The van der Waals surface area contributed by atoms with Crippen LogP contribution in [0.1, 0.15) is 35.3 Å². The van der Waals surface area contributed by atoms with Crippen LogP contribution in [0.25, 0.3) is 11.1 Å². The van der Waals surface area contributed by atoms with E-state index in [-0.39, 0.29) is 6.61 Å². The summed E-state index contributed by atoms with van der Waals surface area (Å²) >= 11 is 1.23. The predicted molar refractivity (Wildman–Crippen MR) is 100 cm³/mol. The predicted octanol–water partition coefficient (Wildman–Crippen LogP) is 3.71. The summed E-state index contributed by atoms with van der Waals surface area (Å²) in [4.78, 5) is 35.3. The van der Waals surface area contributed by atoms with E-state index >= 15 is 0 Å². The highest BCUT2D eigenvalue weighted by Crippen LogP contribution is 2.37. The molecule has 0 aliphatic carbocycles. The molecule has 0 spiro atoms. The summed E-state index contributed by atoms with van der Waals surface area (Å²) in [5, 5.41) is 4.81.